The van der Waals surface area contributed by atoms with Crippen LogP contribution in [0.25, 0.3) is 33.4 Å². The fourth-order valence-corrected chi connectivity index (χ4v) is 6.80. The van der Waals surface area contributed by atoms with Gasteiger partial charge in [0.25, 0.3) is 5.91 Å². The second kappa shape index (κ2) is 16.8. The molecule has 0 aliphatic carbocycles. The fourth-order valence-electron chi connectivity index (χ4n) is 6.54. The highest BCUT2D eigenvalue weighted by molar-refractivity contribution is 9.10. The smallest absolute Gasteiger partial charge is 0.261 e. The lowest BCUT2D eigenvalue weighted by molar-refractivity contribution is -0.101. The number of nitrogens with one attached hydrogen (secondary N) is 1. The number of halogens is 1. The zero-order chi connectivity index (χ0) is 36.7. The number of methoxy groups -OCH3 is 1. The molecule has 0 bridgehead atoms. The van der Waals surface area contributed by atoms with Gasteiger partial charge in [-0.2, -0.15) is 0 Å². The molecule has 274 valence electrons. The predicted molar refractivity (Wildman–Crippen MR) is 207 cm³/mol. The van der Waals surface area contributed by atoms with Crippen molar-refractivity contribution in [2.45, 2.75) is 25.5 Å². The minimum Gasteiger partial charge on any atom is -0.493 e. The topological polar surface area (TPSA) is 136 Å². The molecule has 2 aliphatic rings. The number of pyridine rings is 2. The number of benzene rings is 3. The van der Waals surface area contributed by atoms with Crippen LogP contribution in [0.3, 0.4) is 0 Å². The van der Waals surface area contributed by atoms with Crippen LogP contribution in [0.15, 0.2) is 101 Å². The quantitative estimate of drug-likeness (QED) is 0.144. The van der Waals surface area contributed by atoms with Crippen molar-refractivity contribution in [3.05, 3.63) is 112 Å². The van der Waals surface area contributed by atoms with Gasteiger partial charge >= 0.3 is 0 Å². The zero-order valence-electron chi connectivity index (χ0n) is 29.4. The third kappa shape index (κ3) is 8.80. The first kappa shape index (κ1) is 36.4. The lowest BCUT2D eigenvalue weighted by atomic mass is 9.99. The molecule has 3 N–H and O–H groups in total. The molecule has 2 aliphatic heterocycles. The van der Waals surface area contributed by atoms with E-state index in [2.05, 4.69) is 26.2 Å². The summed E-state index contributed by atoms with van der Waals surface area (Å²) >= 11 is 3.47. The lowest BCUT2D eigenvalue weighted by Crippen LogP contribution is -2.33. The third-order valence-electron chi connectivity index (χ3n) is 9.47. The van der Waals surface area contributed by atoms with Crippen molar-refractivity contribution in [2.75, 3.05) is 57.8 Å². The van der Waals surface area contributed by atoms with Crippen LogP contribution in [0.1, 0.15) is 23.2 Å². The van der Waals surface area contributed by atoms with Gasteiger partial charge in [-0.25, -0.2) is 4.98 Å². The standard InChI is InChI=1S/C41H41BrN4O7/c1-49-38-19-29(6-11-37(38)53-25-33-24-51-16-17-52-33)30-18-34(40(43)44-20-30)27-4-9-32(10-5-27)45-41(48)36-23-46(21-26-12-14-50-15-13-26)22-35(39(36)47)28-2-7-31(42)8-3-28/h2-11,18-20,22-23,26,33H,12-17,21,24-25H2,1H3,(H2,43,44)(H,45,48). The summed E-state index contributed by atoms with van der Waals surface area (Å²) in [5.74, 6) is 1.46. The van der Waals surface area contributed by atoms with Crippen molar-refractivity contribution in [3.63, 3.8) is 0 Å². The van der Waals surface area contributed by atoms with Crippen LogP contribution in [0.2, 0.25) is 0 Å². The van der Waals surface area contributed by atoms with Crippen LogP contribution in [-0.2, 0) is 20.8 Å². The maximum Gasteiger partial charge on any atom is 0.261 e. The van der Waals surface area contributed by atoms with E-state index in [1.807, 2.05) is 71.4 Å². The molecule has 0 spiro atoms. The van der Waals surface area contributed by atoms with Crippen LogP contribution in [-0.4, -0.2) is 68.3 Å². The van der Waals surface area contributed by atoms with Crippen molar-refractivity contribution in [1.82, 2.24) is 9.55 Å². The van der Waals surface area contributed by atoms with E-state index in [-0.39, 0.29) is 17.1 Å². The van der Waals surface area contributed by atoms with Gasteiger partial charge in [0.1, 0.15) is 24.1 Å². The maximum absolute atomic E-state index is 13.8. The molecule has 2 saturated heterocycles. The molecule has 1 unspecified atom stereocenters. The van der Waals surface area contributed by atoms with Gasteiger partial charge in [-0.05, 0) is 77.9 Å². The Labute approximate surface area is 316 Å². The fraction of sp³-hybridized carbons (Fsp3) is 0.293. The van der Waals surface area contributed by atoms with E-state index in [0.717, 1.165) is 45.1 Å². The first-order valence-electron chi connectivity index (χ1n) is 17.6. The molecule has 1 atom stereocenters. The van der Waals surface area contributed by atoms with Crippen LogP contribution in [0, 0.1) is 5.92 Å². The Kier molecular flexibility index (Phi) is 11.5. The minimum atomic E-state index is -0.480. The Balaban J connectivity index is 1.09. The van der Waals surface area contributed by atoms with Gasteiger partial charge in [0, 0.05) is 65.2 Å². The maximum atomic E-state index is 13.8. The molecule has 0 saturated carbocycles. The molecule has 0 radical (unpaired) electrons. The molecular formula is C41H41BrN4O7. The highest BCUT2D eigenvalue weighted by Crippen LogP contribution is 2.35. The van der Waals surface area contributed by atoms with Gasteiger partial charge in [-0.3, -0.25) is 9.59 Å². The largest absolute Gasteiger partial charge is 0.493 e. The number of nitrogen functional groups attached to an aromatic ring is 1. The van der Waals surface area contributed by atoms with Crippen LogP contribution >= 0.6 is 15.9 Å². The van der Waals surface area contributed by atoms with E-state index in [1.54, 1.807) is 31.6 Å². The third-order valence-corrected chi connectivity index (χ3v) is 10.00. The number of aromatic nitrogens is 2. The number of hydrogen-bond acceptors (Lipinski definition) is 9. The number of amides is 1. The first-order valence-corrected chi connectivity index (χ1v) is 18.4. The summed E-state index contributed by atoms with van der Waals surface area (Å²) in [7, 11) is 1.60. The molecule has 2 aromatic heterocycles. The Bertz CT molecular complexity index is 2110. The summed E-state index contributed by atoms with van der Waals surface area (Å²) in [6.07, 6.45) is 6.95. The van der Waals surface area contributed by atoms with E-state index in [1.165, 1.54) is 0 Å². The van der Waals surface area contributed by atoms with Crippen molar-refractivity contribution in [2.24, 2.45) is 5.92 Å². The molecule has 12 heteroatoms. The summed E-state index contributed by atoms with van der Waals surface area (Å²) in [4.78, 5) is 31.9. The number of nitrogens with zero attached hydrogens (tertiary/aromatic N) is 2. The molecular weight excluding hydrogens is 740 g/mol. The van der Waals surface area contributed by atoms with E-state index in [4.69, 9.17) is 29.4 Å². The summed E-state index contributed by atoms with van der Waals surface area (Å²) in [6, 6.07) is 22.5. The van der Waals surface area contributed by atoms with Gasteiger partial charge in [0.15, 0.2) is 11.5 Å². The van der Waals surface area contributed by atoms with Crippen molar-refractivity contribution >= 4 is 33.3 Å². The van der Waals surface area contributed by atoms with E-state index < -0.39 is 5.91 Å². The molecule has 7 rings (SSSR count). The first-order chi connectivity index (χ1) is 25.8. The van der Waals surface area contributed by atoms with E-state index in [9.17, 15) is 9.59 Å². The molecule has 11 nitrogen and oxygen atoms in total. The zero-order valence-corrected chi connectivity index (χ0v) is 31.0. The number of rotatable bonds is 11. The SMILES string of the molecule is COc1cc(-c2cnc(N)c(-c3ccc(NC(=O)c4cn(CC5CCOCC5)cc(-c5ccc(Br)cc5)c4=O)cc3)c2)ccc1OCC1COCCO1. The molecule has 3 aromatic carbocycles. The Morgan fingerprint density at radius 3 is 2.36 bits per heavy atom. The molecule has 53 heavy (non-hydrogen) atoms. The molecule has 2 fully saturated rings. The number of carbonyl (C=O) groups excluding carboxylic acids is 1. The second-order valence-electron chi connectivity index (χ2n) is 13.1. The highest BCUT2D eigenvalue weighted by atomic mass is 79.9. The summed E-state index contributed by atoms with van der Waals surface area (Å²) < 4.78 is 31.2. The van der Waals surface area contributed by atoms with E-state index in [0.29, 0.717) is 80.7 Å². The van der Waals surface area contributed by atoms with E-state index >= 15 is 0 Å². The van der Waals surface area contributed by atoms with Gasteiger partial charge in [0.2, 0.25) is 5.43 Å². The average molecular weight is 782 g/mol. The minimum absolute atomic E-state index is 0.0749. The Morgan fingerprint density at radius 1 is 0.887 bits per heavy atom. The molecule has 5 aromatic rings. The van der Waals surface area contributed by atoms with Crippen molar-refractivity contribution < 1.29 is 28.5 Å². The summed E-state index contributed by atoms with van der Waals surface area (Å²) in [6.45, 7) is 4.11. The molecule has 4 heterocycles. The summed E-state index contributed by atoms with van der Waals surface area (Å²) in [5, 5.41) is 2.93. The number of nitrogens with two attached hydrogens (primary N) is 1. The van der Waals surface area contributed by atoms with Crippen LogP contribution in [0.4, 0.5) is 11.5 Å². The van der Waals surface area contributed by atoms with Gasteiger partial charge in [-0.1, -0.05) is 46.3 Å². The number of carbonyl (C=O) groups is 1. The Morgan fingerprint density at radius 2 is 1.62 bits per heavy atom. The number of hydrogen-bond donors (Lipinski definition) is 2. The van der Waals surface area contributed by atoms with Crippen molar-refractivity contribution in [3.8, 4) is 44.9 Å². The number of anilines is 2. The van der Waals surface area contributed by atoms with Gasteiger partial charge in [-0.15, -0.1) is 0 Å². The molecule has 1 amide bonds. The van der Waals surface area contributed by atoms with Gasteiger partial charge in [0.05, 0.1) is 26.9 Å². The average Bonchev–Trinajstić information content (AvgIpc) is 3.19. The predicted octanol–water partition coefficient (Wildman–Crippen LogP) is 7.07. The highest BCUT2D eigenvalue weighted by Gasteiger charge is 2.21. The van der Waals surface area contributed by atoms with Gasteiger partial charge < -0.3 is 39.3 Å². The normalized spacial score (nSPS) is 16.2. The summed E-state index contributed by atoms with van der Waals surface area (Å²) in [5.41, 5.74) is 11.1. The monoisotopic (exact) mass is 780 g/mol. The van der Waals surface area contributed by atoms with Crippen LogP contribution < -0.4 is 26.0 Å². The Hall–Kier alpha value is -5.01. The van der Waals surface area contributed by atoms with Crippen molar-refractivity contribution in [1.29, 1.82) is 0 Å². The second-order valence-corrected chi connectivity index (χ2v) is 14.0. The number of ether oxygens (including phenoxy) is 5. The van der Waals surface area contributed by atoms with Crippen LogP contribution in [0.5, 0.6) is 11.5 Å². The lowest BCUT2D eigenvalue weighted by Gasteiger charge is -2.23.